The highest BCUT2D eigenvalue weighted by atomic mass is 32.2. The summed E-state index contributed by atoms with van der Waals surface area (Å²) in [5.74, 6) is 0.659. The van der Waals surface area contributed by atoms with Gasteiger partial charge in [-0.2, -0.15) is 0 Å². The second-order valence-electron chi connectivity index (χ2n) is 5.71. The summed E-state index contributed by atoms with van der Waals surface area (Å²) in [4.78, 5) is 9.89. The van der Waals surface area contributed by atoms with Crippen LogP contribution < -0.4 is 15.4 Å². The standard InChI is InChI=1S/C17H25N5O2S2/c1-4-14-12-20-16(25-14)9-10-19-17(18-2)21-11-13-7-5-6-8-15(13)22-26(3,23)24/h5-8,12,22H,4,9-11H2,1-3H3,(H2,18,19,21). The number of sulfonamides is 1. The summed E-state index contributed by atoms with van der Waals surface area (Å²) < 4.78 is 25.5. The molecule has 142 valence electrons. The molecular formula is C17H25N5O2S2. The second kappa shape index (κ2) is 9.54. The van der Waals surface area contributed by atoms with E-state index >= 15 is 0 Å². The maximum absolute atomic E-state index is 11.5. The highest BCUT2D eigenvalue weighted by molar-refractivity contribution is 7.92. The third-order valence-corrected chi connectivity index (χ3v) is 5.36. The van der Waals surface area contributed by atoms with Crippen molar-refractivity contribution in [2.24, 2.45) is 4.99 Å². The first kappa shape index (κ1) is 20.2. The lowest BCUT2D eigenvalue weighted by molar-refractivity contribution is 0.606. The van der Waals surface area contributed by atoms with Crippen LogP contribution in [-0.2, 0) is 29.4 Å². The largest absolute Gasteiger partial charge is 0.356 e. The van der Waals surface area contributed by atoms with E-state index in [2.05, 4.69) is 32.3 Å². The van der Waals surface area contributed by atoms with E-state index in [0.29, 0.717) is 18.2 Å². The van der Waals surface area contributed by atoms with Gasteiger partial charge in [0.1, 0.15) is 0 Å². The van der Waals surface area contributed by atoms with E-state index in [9.17, 15) is 8.42 Å². The van der Waals surface area contributed by atoms with Crippen molar-refractivity contribution in [2.75, 3.05) is 24.6 Å². The molecule has 0 atom stereocenters. The van der Waals surface area contributed by atoms with E-state index in [-0.39, 0.29) is 0 Å². The van der Waals surface area contributed by atoms with E-state index in [1.807, 2.05) is 18.3 Å². The van der Waals surface area contributed by atoms with Crippen LogP contribution in [0.15, 0.2) is 35.5 Å². The molecule has 0 radical (unpaired) electrons. The molecule has 0 spiro atoms. The molecule has 0 fully saturated rings. The third-order valence-electron chi connectivity index (χ3n) is 3.56. The molecule has 2 aromatic rings. The van der Waals surface area contributed by atoms with Gasteiger partial charge >= 0.3 is 0 Å². The van der Waals surface area contributed by atoms with Crippen LogP contribution in [-0.4, -0.2) is 39.2 Å². The molecule has 9 heteroatoms. The lowest BCUT2D eigenvalue weighted by Crippen LogP contribution is -2.38. The maximum atomic E-state index is 11.5. The molecule has 0 aliphatic rings. The first-order valence-electron chi connectivity index (χ1n) is 8.35. The van der Waals surface area contributed by atoms with Crippen molar-refractivity contribution in [1.29, 1.82) is 0 Å². The molecule has 0 saturated carbocycles. The van der Waals surface area contributed by atoms with Gasteiger partial charge in [0.2, 0.25) is 10.0 Å². The molecule has 1 aromatic heterocycles. The Hall–Kier alpha value is -2.13. The molecule has 0 amide bonds. The van der Waals surface area contributed by atoms with Gasteiger partial charge in [0.05, 0.1) is 17.0 Å². The van der Waals surface area contributed by atoms with Gasteiger partial charge in [-0.15, -0.1) is 11.3 Å². The number of guanidine groups is 1. The summed E-state index contributed by atoms with van der Waals surface area (Å²) >= 11 is 1.73. The van der Waals surface area contributed by atoms with Gasteiger partial charge in [-0.1, -0.05) is 25.1 Å². The van der Waals surface area contributed by atoms with E-state index in [4.69, 9.17) is 0 Å². The van der Waals surface area contributed by atoms with Crippen molar-refractivity contribution >= 4 is 33.0 Å². The number of aliphatic imine (C=N–C) groups is 1. The quantitative estimate of drug-likeness (QED) is 0.469. The van der Waals surface area contributed by atoms with Crippen molar-refractivity contribution in [2.45, 2.75) is 26.3 Å². The van der Waals surface area contributed by atoms with Gasteiger partial charge in [0.15, 0.2) is 5.96 Å². The Morgan fingerprint density at radius 2 is 2.04 bits per heavy atom. The van der Waals surface area contributed by atoms with Crippen LogP contribution in [0, 0.1) is 0 Å². The number of thiazole rings is 1. The Morgan fingerprint density at radius 1 is 1.27 bits per heavy atom. The summed E-state index contributed by atoms with van der Waals surface area (Å²) in [5, 5.41) is 7.56. The molecule has 7 nitrogen and oxygen atoms in total. The van der Waals surface area contributed by atoms with Crippen LogP contribution in [0.5, 0.6) is 0 Å². The van der Waals surface area contributed by atoms with Crippen LogP contribution in [0.1, 0.15) is 22.4 Å². The van der Waals surface area contributed by atoms with Crippen molar-refractivity contribution < 1.29 is 8.42 Å². The molecule has 0 saturated heterocycles. The number of anilines is 1. The van der Waals surface area contributed by atoms with Crippen LogP contribution >= 0.6 is 11.3 Å². The van der Waals surface area contributed by atoms with Gasteiger partial charge in [-0.3, -0.25) is 9.71 Å². The lowest BCUT2D eigenvalue weighted by atomic mass is 10.2. The minimum absolute atomic E-state index is 0.454. The number of benzene rings is 1. The Bertz CT molecular complexity index is 846. The Labute approximate surface area is 159 Å². The number of hydrogen-bond acceptors (Lipinski definition) is 5. The average molecular weight is 396 g/mol. The van der Waals surface area contributed by atoms with E-state index in [1.165, 1.54) is 4.88 Å². The molecule has 26 heavy (non-hydrogen) atoms. The minimum atomic E-state index is -3.32. The smallest absolute Gasteiger partial charge is 0.229 e. The van der Waals surface area contributed by atoms with Crippen LogP contribution in [0.3, 0.4) is 0 Å². The highest BCUT2D eigenvalue weighted by Crippen LogP contribution is 2.16. The van der Waals surface area contributed by atoms with Crippen LogP contribution in [0.4, 0.5) is 5.69 Å². The molecule has 2 rings (SSSR count). The number of nitrogens with zero attached hydrogens (tertiary/aromatic N) is 2. The fraction of sp³-hybridized carbons (Fsp3) is 0.412. The Morgan fingerprint density at radius 3 is 2.69 bits per heavy atom. The average Bonchev–Trinajstić information content (AvgIpc) is 3.05. The zero-order valence-electron chi connectivity index (χ0n) is 15.2. The molecule has 1 heterocycles. The highest BCUT2D eigenvalue weighted by Gasteiger charge is 2.08. The van der Waals surface area contributed by atoms with Crippen LogP contribution in [0.2, 0.25) is 0 Å². The summed E-state index contributed by atoms with van der Waals surface area (Å²) in [6.07, 6.45) is 4.91. The van der Waals surface area contributed by atoms with Crippen LogP contribution in [0.25, 0.3) is 0 Å². The first-order valence-corrected chi connectivity index (χ1v) is 11.1. The molecule has 0 aliphatic heterocycles. The lowest BCUT2D eigenvalue weighted by Gasteiger charge is -2.14. The molecule has 1 aromatic carbocycles. The Balaban J connectivity index is 1.87. The van der Waals surface area contributed by atoms with E-state index in [1.54, 1.807) is 30.5 Å². The zero-order valence-corrected chi connectivity index (χ0v) is 16.9. The molecule has 0 unspecified atom stereocenters. The van der Waals surface area contributed by atoms with Crippen molar-refractivity contribution in [1.82, 2.24) is 15.6 Å². The normalized spacial score (nSPS) is 12.0. The topological polar surface area (TPSA) is 95.5 Å². The number of hydrogen-bond donors (Lipinski definition) is 3. The maximum Gasteiger partial charge on any atom is 0.229 e. The second-order valence-corrected chi connectivity index (χ2v) is 8.66. The predicted octanol–water partition coefficient (Wildman–Crippen LogP) is 1.98. The fourth-order valence-electron chi connectivity index (χ4n) is 2.29. The monoisotopic (exact) mass is 395 g/mol. The summed E-state index contributed by atoms with van der Waals surface area (Å²) in [6, 6.07) is 7.27. The molecular weight excluding hydrogens is 370 g/mol. The van der Waals surface area contributed by atoms with Gasteiger partial charge in [-0.25, -0.2) is 13.4 Å². The predicted molar refractivity (Wildman–Crippen MR) is 108 cm³/mol. The summed E-state index contributed by atoms with van der Waals surface area (Å²) in [6.45, 7) is 3.30. The number of nitrogens with one attached hydrogen (secondary N) is 3. The molecule has 0 aliphatic carbocycles. The third kappa shape index (κ3) is 6.64. The van der Waals surface area contributed by atoms with Gasteiger partial charge < -0.3 is 10.6 Å². The molecule has 0 bridgehead atoms. The number of aryl methyl sites for hydroxylation is 1. The zero-order chi connectivity index (χ0) is 19.0. The van der Waals surface area contributed by atoms with E-state index in [0.717, 1.165) is 36.2 Å². The van der Waals surface area contributed by atoms with Gasteiger partial charge in [0.25, 0.3) is 0 Å². The minimum Gasteiger partial charge on any atom is -0.356 e. The first-order chi connectivity index (χ1) is 12.4. The summed E-state index contributed by atoms with van der Waals surface area (Å²) in [5.41, 5.74) is 1.40. The SMILES string of the molecule is CCc1cnc(CCNC(=NC)NCc2ccccc2NS(C)(=O)=O)s1. The summed E-state index contributed by atoms with van der Waals surface area (Å²) in [7, 11) is -1.62. The molecule has 3 N–H and O–H groups in total. The van der Waals surface area contributed by atoms with Crippen molar-refractivity contribution in [3.8, 4) is 0 Å². The van der Waals surface area contributed by atoms with Gasteiger partial charge in [0, 0.05) is 37.6 Å². The number of aromatic nitrogens is 1. The Kier molecular flexibility index (Phi) is 7.40. The number of para-hydroxylation sites is 1. The fourth-order valence-corrected chi connectivity index (χ4v) is 3.75. The van der Waals surface area contributed by atoms with Crippen molar-refractivity contribution in [3.63, 3.8) is 0 Å². The van der Waals surface area contributed by atoms with Gasteiger partial charge in [-0.05, 0) is 18.1 Å². The van der Waals surface area contributed by atoms with Crippen molar-refractivity contribution in [3.05, 3.63) is 45.9 Å². The number of rotatable bonds is 8. The van der Waals surface area contributed by atoms with E-state index < -0.39 is 10.0 Å².